The van der Waals surface area contributed by atoms with Gasteiger partial charge in [0.2, 0.25) is 0 Å². The van der Waals surface area contributed by atoms with Gasteiger partial charge in [0.05, 0.1) is 12.0 Å². The highest BCUT2D eigenvalue weighted by Gasteiger charge is 2.22. The molecule has 0 aromatic carbocycles. The van der Waals surface area contributed by atoms with Gasteiger partial charge in [-0.2, -0.15) is 0 Å². The normalized spacial score (nSPS) is 27.9. The molecule has 0 aliphatic heterocycles. The Morgan fingerprint density at radius 1 is 1.50 bits per heavy atom. The minimum Gasteiger partial charge on any atom is -0.333 e. The molecule has 2 unspecified atom stereocenters. The van der Waals surface area contributed by atoms with Gasteiger partial charge in [0.25, 0.3) is 0 Å². The van der Waals surface area contributed by atoms with Crippen molar-refractivity contribution in [2.45, 2.75) is 52.1 Å². The number of hydrogen-bond acceptors (Lipinski definition) is 2. The molecule has 0 amide bonds. The molecular formula is C13H23N3. The number of nitrogens with zero attached hydrogens (tertiary/aromatic N) is 2. The first-order chi connectivity index (χ1) is 7.68. The molecule has 2 rings (SSSR count). The van der Waals surface area contributed by atoms with Crippen LogP contribution in [0, 0.1) is 11.8 Å². The minimum absolute atomic E-state index is 0.0846. The standard InChI is InChI=1S/C13H23N3/c1-10-5-3-4-6-12(10)8-16-9-15-7-13(16)11(2)14/h7,9-12H,3-6,8,14H2,1-2H3/t10?,11-,12?/m1/s1. The van der Waals surface area contributed by atoms with Gasteiger partial charge in [-0.15, -0.1) is 0 Å². The quantitative estimate of drug-likeness (QED) is 0.853. The molecule has 1 fully saturated rings. The summed E-state index contributed by atoms with van der Waals surface area (Å²) in [5.74, 6) is 1.65. The average molecular weight is 221 g/mol. The number of aromatic nitrogens is 2. The molecule has 1 saturated carbocycles. The molecule has 90 valence electrons. The Labute approximate surface area is 98.1 Å². The van der Waals surface area contributed by atoms with E-state index in [1.807, 2.05) is 19.4 Å². The van der Waals surface area contributed by atoms with E-state index in [4.69, 9.17) is 5.73 Å². The van der Waals surface area contributed by atoms with Crippen LogP contribution in [-0.2, 0) is 6.54 Å². The van der Waals surface area contributed by atoms with Crippen molar-refractivity contribution < 1.29 is 0 Å². The highest BCUT2D eigenvalue weighted by molar-refractivity contribution is 5.03. The van der Waals surface area contributed by atoms with Crippen molar-refractivity contribution in [1.82, 2.24) is 9.55 Å². The SMILES string of the molecule is CC1CCCCC1Cn1cncc1[C@@H](C)N. The van der Waals surface area contributed by atoms with Crippen molar-refractivity contribution in [2.24, 2.45) is 17.6 Å². The first-order valence-corrected chi connectivity index (χ1v) is 6.44. The molecule has 0 saturated heterocycles. The summed E-state index contributed by atoms with van der Waals surface area (Å²) in [5.41, 5.74) is 7.10. The van der Waals surface area contributed by atoms with Crippen molar-refractivity contribution in [1.29, 1.82) is 0 Å². The fraction of sp³-hybridized carbons (Fsp3) is 0.769. The van der Waals surface area contributed by atoms with Gasteiger partial charge in [0, 0.05) is 18.8 Å². The first-order valence-electron chi connectivity index (χ1n) is 6.44. The molecule has 16 heavy (non-hydrogen) atoms. The first kappa shape index (κ1) is 11.6. The van der Waals surface area contributed by atoms with E-state index in [-0.39, 0.29) is 6.04 Å². The molecule has 1 aliphatic rings. The zero-order chi connectivity index (χ0) is 11.5. The van der Waals surface area contributed by atoms with Crippen LogP contribution in [0.1, 0.15) is 51.3 Å². The van der Waals surface area contributed by atoms with Gasteiger partial charge in [0.1, 0.15) is 0 Å². The maximum absolute atomic E-state index is 5.94. The van der Waals surface area contributed by atoms with E-state index >= 15 is 0 Å². The van der Waals surface area contributed by atoms with Crippen LogP contribution in [0.3, 0.4) is 0 Å². The molecule has 1 aromatic rings. The second kappa shape index (κ2) is 5.00. The lowest BCUT2D eigenvalue weighted by molar-refractivity contribution is 0.226. The van der Waals surface area contributed by atoms with Crippen LogP contribution >= 0.6 is 0 Å². The third-order valence-electron chi connectivity index (χ3n) is 3.93. The van der Waals surface area contributed by atoms with E-state index in [9.17, 15) is 0 Å². The van der Waals surface area contributed by atoms with Gasteiger partial charge in [-0.05, 0) is 25.2 Å². The zero-order valence-corrected chi connectivity index (χ0v) is 10.4. The second-order valence-electron chi connectivity index (χ2n) is 5.28. The molecule has 0 spiro atoms. The van der Waals surface area contributed by atoms with E-state index in [1.165, 1.54) is 25.7 Å². The van der Waals surface area contributed by atoms with Gasteiger partial charge in [0.15, 0.2) is 0 Å². The van der Waals surface area contributed by atoms with Crippen LogP contribution in [0.25, 0.3) is 0 Å². The Morgan fingerprint density at radius 2 is 2.25 bits per heavy atom. The van der Waals surface area contributed by atoms with E-state index in [0.717, 1.165) is 24.1 Å². The summed E-state index contributed by atoms with van der Waals surface area (Å²) in [6.45, 7) is 5.50. The van der Waals surface area contributed by atoms with Crippen LogP contribution in [0.5, 0.6) is 0 Å². The molecule has 1 aromatic heterocycles. The Bertz CT molecular complexity index is 330. The van der Waals surface area contributed by atoms with Crippen molar-refractivity contribution in [3.8, 4) is 0 Å². The molecule has 0 bridgehead atoms. The largest absolute Gasteiger partial charge is 0.333 e. The zero-order valence-electron chi connectivity index (χ0n) is 10.4. The van der Waals surface area contributed by atoms with E-state index < -0.39 is 0 Å². The molecule has 2 N–H and O–H groups in total. The van der Waals surface area contributed by atoms with Gasteiger partial charge >= 0.3 is 0 Å². The highest BCUT2D eigenvalue weighted by Crippen LogP contribution is 2.31. The third-order valence-corrected chi connectivity index (χ3v) is 3.93. The maximum Gasteiger partial charge on any atom is 0.0948 e. The summed E-state index contributed by atoms with van der Waals surface area (Å²) >= 11 is 0. The van der Waals surface area contributed by atoms with Crippen molar-refractivity contribution >= 4 is 0 Å². The van der Waals surface area contributed by atoms with Crippen LogP contribution in [0.15, 0.2) is 12.5 Å². The lowest BCUT2D eigenvalue weighted by atomic mass is 9.80. The van der Waals surface area contributed by atoms with Gasteiger partial charge in [-0.25, -0.2) is 4.98 Å². The van der Waals surface area contributed by atoms with Crippen molar-refractivity contribution in [3.63, 3.8) is 0 Å². The number of imidazole rings is 1. The topological polar surface area (TPSA) is 43.8 Å². The molecule has 1 aliphatic carbocycles. The molecule has 3 nitrogen and oxygen atoms in total. The summed E-state index contributed by atoms with van der Waals surface area (Å²) in [7, 11) is 0. The van der Waals surface area contributed by atoms with E-state index in [2.05, 4.69) is 16.5 Å². The summed E-state index contributed by atoms with van der Waals surface area (Å²) in [4.78, 5) is 4.22. The van der Waals surface area contributed by atoms with Gasteiger partial charge in [-0.1, -0.05) is 26.2 Å². The van der Waals surface area contributed by atoms with Crippen LogP contribution in [0.4, 0.5) is 0 Å². The van der Waals surface area contributed by atoms with Crippen LogP contribution < -0.4 is 5.73 Å². The number of nitrogens with two attached hydrogens (primary N) is 1. The van der Waals surface area contributed by atoms with E-state index in [1.54, 1.807) is 0 Å². The maximum atomic E-state index is 5.94. The van der Waals surface area contributed by atoms with Gasteiger partial charge in [-0.3, -0.25) is 0 Å². The Balaban J connectivity index is 2.04. The Morgan fingerprint density at radius 3 is 2.94 bits per heavy atom. The summed E-state index contributed by atoms with van der Waals surface area (Å²) in [5, 5.41) is 0. The third kappa shape index (κ3) is 2.46. The summed E-state index contributed by atoms with van der Waals surface area (Å²) < 4.78 is 2.25. The van der Waals surface area contributed by atoms with Crippen molar-refractivity contribution in [3.05, 3.63) is 18.2 Å². The second-order valence-corrected chi connectivity index (χ2v) is 5.28. The average Bonchev–Trinajstić information content (AvgIpc) is 2.69. The molecular weight excluding hydrogens is 198 g/mol. The predicted molar refractivity (Wildman–Crippen MR) is 66.0 cm³/mol. The Hall–Kier alpha value is -0.830. The van der Waals surface area contributed by atoms with Crippen LogP contribution in [-0.4, -0.2) is 9.55 Å². The fourth-order valence-electron chi connectivity index (χ4n) is 2.78. The number of hydrogen-bond donors (Lipinski definition) is 1. The Kier molecular flexibility index (Phi) is 3.64. The monoisotopic (exact) mass is 221 g/mol. The summed E-state index contributed by atoms with van der Waals surface area (Å²) in [6, 6.07) is 0.0846. The predicted octanol–water partition coefficient (Wildman–Crippen LogP) is 2.73. The molecule has 3 atom stereocenters. The van der Waals surface area contributed by atoms with Crippen molar-refractivity contribution in [2.75, 3.05) is 0 Å². The lowest BCUT2D eigenvalue weighted by Crippen LogP contribution is -2.23. The molecule has 1 heterocycles. The molecule has 3 heteroatoms. The highest BCUT2D eigenvalue weighted by atomic mass is 15.1. The van der Waals surface area contributed by atoms with Gasteiger partial charge < -0.3 is 10.3 Å². The van der Waals surface area contributed by atoms with E-state index in [0.29, 0.717) is 0 Å². The summed E-state index contributed by atoms with van der Waals surface area (Å²) in [6.07, 6.45) is 9.36. The minimum atomic E-state index is 0.0846. The smallest absolute Gasteiger partial charge is 0.0948 e. The van der Waals surface area contributed by atoms with Crippen LogP contribution in [0.2, 0.25) is 0 Å². The fourth-order valence-corrected chi connectivity index (χ4v) is 2.78. The lowest BCUT2D eigenvalue weighted by Gasteiger charge is -2.29. The molecule has 0 radical (unpaired) electrons. The number of rotatable bonds is 3.